The molecule has 2 aromatic carbocycles. The molecule has 1 heterocycles. The van der Waals surface area contributed by atoms with E-state index in [0.29, 0.717) is 23.6 Å². The molecule has 0 aliphatic carbocycles. The molecule has 0 saturated heterocycles. The number of rotatable bonds is 14. The first kappa shape index (κ1) is 36.4. The zero-order chi connectivity index (χ0) is 34.3. The number of hydrogen-bond donors (Lipinski definition) is 3. The van der Waals surface area contributed by atoms with Crippen molar-refractivity contribution in [3.8, 4) is 11.1 Å². The quantitative estimate of drug-likeness (QED) is 0.206. The van der Waals surface area contributed by atoms with E-state index >= 15 is 4.39 Å². The average Bonchev–Trinajstić information content (AvgIpc) is 2.93. The molecular formula is C35H44ClFN4O5. The third-order valence-electron chi connectivity index (χ3n) is 7.74. The maximum Gasteiger partial charge on any atom is 0.305 e. The lowest BCUT2D eigenvalue weighted by Crippen LogP contribution is -2.49. The lowest BCUT2D eigenvalue weighted by Gasteiger charge is -2.25. The van der Waals surface area contributed by atoms with Gasteiger partial charge in [0.05, 0.1) is 12.5 Å². The number of halogens is 2. The van der Waals surface area contributed by atoms with E-state index in [9.17, 15) is 24.3 Å². The number of pyridine rings is 1. The lowest BCUT2D eigenvalue weighted by atomic mass is 9.90. The van der Waals surface area contributed by atoms with Crippen molar-refractivity contribution in [2.75, 3.05) is 20.6 Å². The Hall–Kier alpha value is -4.02. The minimum absolute atomic E-state index is 0.0118. The van der Waals surface area contributed by atoms with Gasteiger partial charge in [0.2, 0.25) is 5.91 Å². The Morgan fingerprint density at radius 1 is 1.02 bits per heavy atom. The maximum absolute atomic E-state index is 15.7. The summed E-state index contributed by atoms with van der Waals surface area (Å²) < 4.78 is 17.2. The number of hydrogen-bond acceptors (Lipinski definition) is 5. The first-order valence-electron chi connectivity index (χ1n) is 15.3. The molecule has 0 aliphatic heterocycles. The second-order valence-electron chi connectivity index (χ2n) is 12.5. The molecule has 3 aromatic rings. The van der Waals surface area contributed by atoms with Crippen LogP contribution in [-0.4, -0.2) is 59.0 Å². The van der Waals surface area contributed by atoms with Crippen LogP contribution in [0.25, 0.3) is 11.1 Å². The summed E-state index contributed by atoms with van der Waals surface area (Å²) in [6, 6.07) is 7.48. The summed E-state index contributed by atoms with van der Waals surface area (Å²) in [6.45, 7) is 10.3. The number of nitrogens with zero attached hydrogens (tertiary/aromatic N) is 2. The van der Waals surface area contributed by atoms with Crippen LogP contribution in [0.1, 0.15) is 71.8 Å². The predicted molar refractivity (Wildman–Crippen MR) is 179 cm³/mol. The number of carbonyl (C=O) groups excluding carboxylic acids is 2. The van der Waals surface area contributed by atoms with E-state index in [1.807, 2.05) is 46.7 Å². The van der Waals surface area contributed by atoms with Crippen LogP contribution in [0.4, 0.5) is 4.39 Å². The highest BCUT2D eigenvalue weighted by Gasteiger charge is 2.29. The van der Waals surface area contributed by atoms with Gasteiger partial charge in [0.1, 0.15) is 17.4 Å². The largest absolute Gasteiger partial charge is 0.481 e. The molecule has 46 heavy (non-hydrogen) atoms. The minimum atomic E-state index is -1.24. The molecule has 9 nitrogen and oxygen atoms in total. The second kappa shape index (κ2) is 16.0. The number of aromatic nitrogens is 1. The number of aliphatic carboxylic acids is 1. The molecule has 0 bridgehead atoms. The number of benzene rings is 2. The van der Waals surface area contributed by atoms with Gasteiger partial charge in [0, 0.05) is 23.3 Å². The Balaban J connectivity index is 1.95. The smallest absolute Gasteiger partial charge is 0.305 e. The van der Waals surface area contributed by atoms with Gasteiger partial charge in [0.25, 0.3) is 11.5 Å². The molecule has 1 aromatic heterocycles. The Morgan fingerprint density at radius 2 is 1.67 bits per heavy atom. The lowest BCUT2D eigenvalue weighted by molar-refractivity contribution is -0.137. The summed E-state index contributed by atoms with van der Waals surface area (Å²) in [4.78, 5) is 54.1. The van der Waals surface area contributed by atoms with Gasteiger partial charge in [-0.3, -0.25) is 19.2 Å². The van der Waals surface area contributed by atoms with Crippen LogP contribution in [0.3, 0.4) is 0 Å². The van der Waals surface area contributed by atoms with E-state index in [0.717, 1.165) is 23.2 Å². The third-order valence-corrected chi connectivity index (χ3v) is 7.96. The number of carboxylic acids is 1. The molecule has 0 saturated carbocycles. The summed E-state index contributed by atoms with van der Waals surface area (Å²) in [7, 11) is 3.86. The number of carbonyl (C=O) groups is 3. The topological polar surface area (TPSA) is 121 Å². The molecule has 3 rings (SSSR count). The van der Waals surface area contributed by atoms with Crippen LogP contribution in [0.5, 0.6) is 0 Å². The van der Waals surface area contributed by atoms with Crippen molar-refractivity contribution in [3.63, 3.8) is 0 Å². The molecule has 3 N–H and O–H groups in total. The van der Waals surface area contributed by atoms with Crippen LogP contribution in [0.2, 0.25) is 5.02 Å². The molecule has 0 unspecified atom stereocenters. The van der Waals surface area contributed by atoms with E-state index in [4.69, 9.17) is 11.6 Å². The maximum atomic E-state index is 15.7. The van der Waals surface area contributed by atoms with Crippen LogP contribution >= 0.6 is 11.6 Å². The number of aryl methyl sites for hydroxylation is 4. The van der Waals surface area contributed by atoms with E-state index in [-0.39, 0.29) is 29.0 Å². The monoisotopic (exact) mass is 654 g/mol. The Bertz CT molecular complexity index is 1630. The van der Waals surface area contributed by atoms with Crippen molar-refractivity contribution in [1.82, 2.24) is 20.1 Å². The Labute approximate surface area is 274 Å². The van der Waals surface area contributed by atoms with Crippen LogP contribution in [-0.2, 0) is 16.1 Å². The zero-order valence-electron chi connectivity index (χ0n) is 27.5. The van der Waals surface area contributed by atoms with Crippen molar-refractivity contribution in [3.05, 3.63) is 91.6 Å². The van der Waals surface area contributed by atoms with E-state index in [1.165, 1.54) is 10.6 Å². The zero-order valence-corrected chi connectivity index (χ0v) is 28.3. The standard InChI is InChI=1S/C35H44ClFN4O5/c1-20(2)14-29(39-33(44)26-10-8-12-41(35(26)46)13-9-11-40(6)7)34(45)38-28(19-30(42)43)27-18-24(15-23(5)32(27)37)31-21(3)16-25(36)17-22(31)4/h8,10,12,15-18,20,28-29H,9,11,13-14,19H2,1-7H3,(H,38,45)(H,39,44)(H,42,43)/t28-,29-/m0/s1. The highest BCUT2D eigenvalue weighted by molar-refractivity contribution is 6.30. The van der Waals surface area contributed by atoms with Gasteiger partial charge in [-0.15, -0.1) is 0 Å². The highest BCUT2D eigenvalue weighted by atomic mass is 35.5. The summed E-state index contributed by atoms with van der Waals surface area (Å²) >= 11 is 6.23. The van der Waals surface area contributed by atoms with Crippen LogP contribution in [0.15, 0.2) is 47.4 Å². The molecule has 0 fully saturated rings. The second-order valence-corrected chi connectivity index (χ2v) is 12.9. The predicted octanol–water partition coefficient (Wildman–Crippen LogP) is 5.66. The molecule has 2 amide bonds. The highest BCUT2D eigenvalue weighted by Crippen LogP contribution is 2.34. The molecule has 0 aliphatic rings. The first-order valence-corrected chi connectivity index (χ1v) is 15.7. The average molecular weight is 655 g/mol. The van der Waals surface area contributed by atoms with Gasteiger partial charge in [-0.05, 0) is 124 Å². The number of nitrogens with one attached hydrogen (secondary N) is 2. The molecule has 2 atom stereocenters. The van der Waals surface area contributed by atoms with E-state index in [1.54, 1.807) is 43.5 Å². The SMILES string of the molecule is Cc1cc(-c2c(C)cc(Cl)cc2C)cc([C@H](CC(=O)O)NC(=O)[C@H](CC(C)C)NC(=O)c2cccn(CCCN(C)C)c2=O)c1F. The van der Waals surface area contributed by atoms with E-state index in [2.05, 4.69) is 10.6 Å². The van der Waals surface area contributed by atoms with Gasteiger partial charge in [-0.1, -0.05) is 25.4 Å². The number of carboxylic acid groups (broad SMARTS) is 1. The van der Waals surface area contributed by atoms with Crippen molar-refractivity contribution < 1.29 is 23.9 Å². The van der Waals surface area contributed by atoms with Crippen molar-refractivity contribution in [2.24, 2.45) is 5.92 Å². The summed E-state index contributed by atoms with van der Waals surface area (Å²) in [6.07, 6.45) is 1.92. The fraction of sp³-hybridized carbons (Fsp3) is 0.429. The number of amides is 2. The molecule has 0 radical (unpaired) electrons. The molecule has 0 spiro atoms. The van der Waals surface area contributed by atoms with Gasteiger partial charge < -0.3 is 25.2 Å². The summed E-state index contributed by atoms with van der Waals surface area (Å²) in [5.41, 5.74) is 2.91. The summed E-state index contributed by atoms with van der Waals surface area (Å²) in [5.74, 6) is -3.33. The van der Waals surface area contributed by atoms with Gasteiger partial charge in [0.15, 0.2) is 0 Å². The summed E-state index contributed by atoms with van der Waals surface area (Å²) in [5, 5.41) is 15.7. The molecule has 11 heteroatoms. The molecular weight excluding hydrogens is 611 g/mol. The van der Waals surface area contributed by atoms with Crippen LogP contribution < -0.4 is 16.2 Å². The van der Waals surface area contributed by atoms with Gasteiger partial charge in [-0.25, -0.2) is 4.39 Å². The third kappa shape index (κ3) is 9.50. The molecule has 248 valence electrons. The van der Waals surface area contributed by atoms with Gasteiger partial charge in [-0.2, -0.15) is 0 Å². The van der Waals surface area contributed by atoms with E-state index < -0.39 is 47.7 Å². The van der Waals surface area contributed by atoms with Crippen molar-refractivity contribution >= 4 is 29.4 Å². The normalized spacial score (nSPS) is 12.7. The van der Waals surface area contributed by atoms with Crippen molar-refractivity contribution in [1.29, 1.82) is 0 Å². The minimum Gasteiger partial charge on any atom is -0.481 e. The Kier molecular flexibility index (Phi) is 12.7. The fourth-order valence-electron chi connectivity index (χ4n) is 5.63. The fourth-order valence-corrected chi connectivity index (χ4v) is 5.96. The van der Waals surface area contributed by atoms with Crippen LogP contribution in [0, 0.1) is 32.5 Å². The van der Waals surface area contributed by atoms with Gasteiger partial charge >= 0.3 is 5.97 Å². The van der Waals surface area contributed by atoms with Crippen molar-refractivity contribution in [2.45, 2.75) is 72.5 Å². The Morgan fingerprint density at radius 3 is 2.26 bits per heavy atom. The first-order chi connectivity index (χ1) is 21.6.